The van der Waals surface area contributed by atoms with Crippen molar-refractivity contribution in [2.75, 3.05) is 5.73 Å². The second-order valence-corrected chi connectivity index (χ2v) is 6.24. The lowest BCUT2D eigenvalue weighted by atomic mass is 10.1. The Morgan fingerprint density at radius 1 is 1.23 bits per heavy atom. The maximum atomic E-state index is 12.1. The monoisotopic (exact) mass is 347 g/mol. The van der Waals surface area contributed by atoms with Crippen molar-refractivity contribution >= 4 is 33.8 Å². The van der Waals surface area contributed by atoms with Crippen molar-refractivity contribution in [3.63, 3.8) is 0 Å². The molecule has 0 aliphatic rings. The number of nitrogen functional groups attached to an aromatic ring is 1. The molecule has 0 bridgehead atoms. The van der Waals surface area contributed by atoms with Crippen LogP contribution in [0.2, 0.25) is 0 Å². The van der Waals surface area contributed by atoms with Crippen LogP contribution in [0.25, 0.3) is 27.8 Å². The molecule has 0 radical (unpaired) electrons. The number of aromatic hydroxyl groups is 1. The first kappa shape index (κ1) is 15.9. The minimum Gasteiger partial charge on any atom is -0.508 e. The number of aromatic nitrogens is 3. The van der Waals surface area contributed by atoms with Crippen LogP contribution >= 0.6 is 0 Å². The first-order valence-electron chi connectivity index (χ1n) is 8.05. The van der Waals surface area contributed by atoms with E-state index in [1.807, 2.05) is 19.1 Å². The second kappa shape index (κ2) is 5.45. The van der Waals surface area contributed by atoms with E-state index >= 15 is 0 Å². The van der Waals surface area contributed by atoms with Crippen LogP contribution in [0.15, 0.2) is 36.5 Å². The van der Waals surface area contributed by atoms with Crippen LogP contribution in [0, 0.1) is 13.8 Å². The van der Waals surface area contributed by atoms with Crippen molar-refractivity contribution < 1.29 is 9.90 Å². The third-order valence-corrected chi connectivity index (χ3v) is 4.62. The number of primary amides is 1. The normalized spacial score (nSPS) is 11.3. The summed E-state index contributed by atoms with van der Waals surface area (Å²) in [5.41, 5.74) is 15.3. The lowest BCUT2D eigenvalue weighted by Crippen LogP contribution is -2.14. The van der Waals surface area contributed by atoms with E-state index in [9.17, 15) is 9.90 Å². The lowest BCUT2D eigenvalue weighted by molar-refractivity contribution is 0.100. The van der Waals surface area contributed by atoms with Crippen molar-refractivity contribution in [1.82, 2.24) is 14.5 Å². The Balaban J connectivity index is 2.23. The van der Waals surface area contributed by atoms with Crippen LogP contribution in [0.4, 0.5) is 5.82 Å². The Hall–Kier alpha value is -3.61. The zero-order valence-electron chi connectivity index (χ0n) is 14.3. The average molecular weight is 347 g/mol. The van der Waals surface area contributed by atoms with Gasteiger partial charge < -0.3 is 16.6 Å². The fourth-order valence-electron chi connectivity index (χ4n) is 3.37. The summed E-state index contributed by atoms with van der Waals surface area (Å²) >= 11 is 0. The highest BCUT2D eigenvalue weighted by Crippen LogP contribution is 2.36. The zero-order valence-corrected chi connectivity index (χ0v) is 14.3. The topological polar surface area (TPSA) is 120 Å². The minimum atomic E-state index is -0.633. The highest BCUT2D eigenvalue weighted by Gasteiger charge is 2.24. The zero-order chi connectivity index (χ0) is 18.6. The predicted molar refractivity (Wildman–Crippen MR) is 100 cm³/mol. The van der Waals surface area contributed by atoms with E-state index < -0.39 is 5.91 Å². The molecule has 0 fully saturated rings. The molecule has 0 saturated carbocycles. The number of fused-ring (bicyclic) bond motifs is 2. The number of hydrogen-bond donors (Lipinski definition) is 3. The fraction of sp³-hybridized carbons (Fsp3) is 0.105. The number of nitrogens with zero attached hydrogens (tertiary/aromatic N) is 3. The molecule has 4 rings (SSSR count). The molecule has 0 aliphatic heterocycles. The molecule has 7 nitrogen and oxygen atoms in total. The first-order chi connectivity index (χ1) is 12.4. The van der Waals surface area contributed by atoms with E-state index in [-0.39, 0.29) is 17.1 Å². The molecule has 5 N–H and O–H groups in total. The van der Waals surface area contributed by atoms with E-state index in [0.29, 0.717) is 27.9 Å². The molecule has 0 spiro atoms. The molecule has 26 heavy (non-hydrogen) atoms. The third kappa shape index (κ3) is 2.10. The molecule has 3 aromatic heterocycles. The molecule has 1 aromatic carbocycles. The summed E-state index contributed by atoms with van der Waals surface area (Å²) in [5.74, 6) is -0.315. The summed E-state index contributed by atoms with van der Waals surface area (Å²) in [4.78, 5) is 21.0. The minimum absolute atomic E-state index is 0.131. The molecular weight excluding hydrogens is 330 g/mol. The smallest absolute Gasteiger partial charge is 0.253 e. The van der Waals surface area contributed by atoms with Gasteiger partial charge >= 0.3 is 0 Å². The Bertz CT molecular complexity index is 1210. The summed E-state index contributed by atoms with van der Waals surface area (Å²) in [6, 6.07) is 8.87. The van der Waals surface area contributed by atoms with E-state index in [0.717, 1.165) is 10.9 Å². The van der Waals surface area contributed by atoms with Crippen molar-refractivity contribution in [3.8, 4) is 11.4 Å². The number of aryl methyl sites for hydroxylation is 1. The van der Waals surface area contributed by atoms with Gasteiger partial charge in [0, 0.05) is 22.5 Å². The molecule has 0 unspecified atom stereocenters. The Morgan fingerprint density at radius 3 is 2.73 bits per heavy atom. The number of pyridine rings is 2. The highest BCUT2D eigenvalue weighted by molar-refractivity contribution is 6.12. The van der Waals surface area contributed by atoms with Crippen molar-refractivity contribution in [3.05, 3.63) is 53.2 Å². The van der Waals surface area contributed by atoms with Gasteiger partial charge in [0.25, 0.3) is 5.91 Å². The third-order valence-electron chi connectivity index (χ3n) is 4.62. The quantitative estimate of drug-likeness (QED) is 0.515. The summed E-state index contributed by atoms with van der Waals surface area (Å²) in [5, 5.41) is 11.5. The van der Waals surface area contributed by atoms with E-state index in [4.69, 9.17) is 11.5 Å². The van der Waals surface area contributed by atoms with Gasteiger partial charge in [0.05, 0.1) is 11.3 Å². The largest absolute Gasteiger partial charge is 0.508 e. The number of nitrogens with two attached hydrogens (primary N) is 2. The van der Waals surface area contributed by atoms with Gasteiger partial charge in [-0.2, -0.15) is 0 Å². The molecule has 130 valence electrons. The standard InChI is InChI=1S/C19H17N5O2/c1-9-5-6-13(25)10(2)15(9)24-16(20)14(17(21)26)12-8-11-4-3-7-22-18(11)23-19(12)24/h3-8,25H,20H2,1-2H3,(H2,21,26). The number of phenolic OH excluding ortho intramolecular Hbond substituents is 1. The number of benzene rings is 1. The van der Waals surface area contributed by atoms with E-state index in [2.05, 4.69) is 9.97 Å². The van der Waals surface area contributed by atoms with E-state index in [1.54, 1.807) is 35.9 Å². The number of hydrogen-bond acceptors (Lipinski definition) is 5. The number of rotatable bonds is 2. The maximum absolute atomic E-state index is 12.1. The van der Waals surface area contributed by atoms with Crippen LogP contribution in [-0.2, 0) is 0 Å². The average Bonchev–Trinajstić information content (AvgIpc) is 2.88. The van der Waals surface area contributed by atoms with Gasteiger partial charge in [-0.25, -0.2) is 9.97 Å². The number of phenols is 1. The van der Waals surface area contributed by atoms with Crippen molar-refractivity contribution in [2.45, 2.75) is 13.8 Å². The van der Waals surface area contributed by atoms with Crippen molar-refractivity contribution in [1.29, 1.82) is 0 Å². The van der Waals surface area contributed by atoms with Gasteiger partial charge in [-0.3, -0.25) is 9.36 Å². The summed E-state index contributed by atoms with van der Waals surface area (Å²) in [7, 11) is 0. The van der Waals surface area contributed by atoms with Gasteiger partial charge in [-0.15, -0.1) is 0 Å². The molecule has 0 aliphatic carbocycles. The molecule has 0 saturated heterocycles. The van der Waals surface area contributed by atoms with Gasteiger partial charge in [0.1, 0.15) is 17.2 Å². The maximum Gasteiger partial charge on any atom is 0.253 e. The van der Waals surface area contributed by atoms with Crippen LogP contribution < -0.4 is 11.5 Å². The number of carbonyl (C=O) groups is 1. The first-order valence-corrected chi connectivity index (χ1v) is 8.05. The molecule has 0 atom stereocenters. The number of amides is 1. The lowest BCUT2D eigenvalue weighted by Gasteiger charge is -2.15. The molecule has 7 heteroatoms. The van der Waals surface area contributed by atoms with Gasteiger partial charge in [-0.1, -0.05) is 6.07 Å². The SMILES string of the molecule is Cc1ccc(O)c(C)c1-n1c(N)c(C(N)=O)c2cc3cccnc3nc21. The van der Waals surface area contributed by atoms with E-state index in [1.165, 1.54) is 0 Å². The van der Waals surface area contributed by atoms with Crippen LogP contribution in [0.1, 0.15) is 21.5 Å². The highest BCUT2D eigenvalue weighted by atomic mass is 16.3. The van der Waals surface area contributed by atoms with Gasteiger partial charge in [0.15, 0.2) is 5.65 Å². The van der Waals surface area contributed by atoms with Crippen LogP contribution in [0.5, 0.6) is 5.75 Å². The molecule has 3 heterocycles. The summed E-state index contributed by atoms with van der Waals surface area (Å²) in [6.07, 6.45) is 1.65. The Labute approximate surface area is 148 Å². The van der Waals surface area contributed by atoms with Gasteiger partial charge in [0.2, 0.25) is 0 Å². The predicted octanol–water partition coefficient (Wildman–Crippen LogP) is 2.58. The fourth-order valence-corrected chi connectivity index (χ4v) is 3.37. The molecule has 1 amide bonds. The summed E-state index contributed by atoms with van der Waals surface area (Å²) in [6.45, 7) is 3.68. The second-order valence-electron chi connectivity index (χ2n) is 6.24. The van der Waals surface area contributed by atoms with Crippen molar-refractivity contribution in [2.24, 2.45) is 5.73 Å². The summed E-state index contributed by atoms with van der Waals surface area (Å²) < 4.78 is 1.66. The Morgan fingerprint density at radius 2 is 2.00 bits per heavy atom. The van der Waals surface area contributed by atoms with Crippen LogP contribution in [-0.4, -0.2) is 25.5 Å². The number of anilines is 1. The number of carbonyl (C=O) groups excluding carboxylic acids is 1. The van der Waals surface area contributed by atoms with Gasteiger partial charge in [-0.05, 0) is 43.7 Å². The molecule has 4 aromatic rings. The molecular formula is C19H17N5O2. The Kier molecular flexibility index (Phi) is 3.33. The van der Waals surface area contributed by atoms with Crippen LogP contribution in [0.3, 0.4) is 0 Å².